The van der Waals surface area contributed by atoms with Crippen molar-refractivity contribution in [3.63, 3.8) is 0 Å². The van der Waals surface area contributed by atoms with Crippen molar-refractivity contribution in [2.75, 3.05) is 47.6 Å². The highest BCUT2D eigenvalue weighted by Gasteiger charge is 2.21. The molecule has 3 heterocycles. The van der Waals surface area contributed by atoms with Crippen molar-refractivity contribution in [2.45, 2.75) is 6.92 Å². The third-order valence-corrected chi connectivity index (χ3v) is 6.67. The zero-order valence-electron chi connectivity index (χ0n) is 19.2. The Labute approximate surface area is 207 Å². The van der Waals surface area contributed by atoms with Crippen LogP contribution in [0.25, 0.3) is 21.8 Å². The molecule has 0 atom stereocenters. The summed E-state index contributed by atoms with van der Waals surface area (Å²) in [5, 5.41) is 6.67. The molecule has 0 radical (unpaired) electrons. The fourth-order valence-electron chi connectivity index (χ4n) is 3.74. The van der Waals surface area contributed by atoms with Crippen LogP contribution in [0.15, 0.2) is 60.8 Å². The highest BCUT2D eigenvalue weighted by Crippen LogP contribution is 2.40. The Morgan fingerprint density at radius 2 is 1.80 bits per heavy atom. The number of aryl methyl sites for hydroxylation is 1. The molecule has 1 saturated heterocycles. The van der Waals surface area contributed by atoms with E-state index in [4.69, 9.17) is 15.5 Å². The van der Waals surface area contributed by atoms with E-state index in [1.165, 1.54) is 0 Å². The maximum absolute atomic E-state index is 12.6. The first-order valence-electron chi connectivity index (χ1n) is 11.2. The molecule has 0 saturated carbocycles. The first-order valence-corrected chi connectivity index (χ1v) is 12.0. The van der Waals surface area contributed by atoms with E-state index >= 15 is 0 Å². The maximum atomic E-state index is 12.6. The molecule has 1 fully saturated rings. The average Bonchev–Trinajstić information content (AvgIpc) is 3.32. The van der Waals surface area contributed by atoms with Gasteiger partial charge in [-0.3, -0.25) is 0 Å². The number of amides is 2. The van der Waals surface area contributed by atoms with E-state index in [2.05, 4.69) is 25.5 Å². The van der Waals surface area contributed by atoms with E-state index in [1.54, 1.807) is 23.6 Å². The van der Waals surface area contributed by atoms with Gasteiger partial charge in [-0.05, 0) is 42.8 Å². The normalized spacial score (nSPS) is 13.5. The first-order chi connectivity index (χ1) is 17.0. The van der Waals surface area contributed by atoms with E-state index in [0.29, 0.717) is 24.6 Å². The number of carbonyl (C=O) groups is 1. The van der Waals surface area contributed by atoms with Crippen LogP contribution in [0.3, 0.4) is 0 Å². The first kappa shape index (κ1) is 22.8. The Bertz CT molecular complexity index is 1330. The third-order valence-electron chi connectivity index (χ3n) is 5.51. The summed E-state index contributed by atoms with van der Waals surface area (Å²) in [6.45, 7) is 4.89. The SMILES string of the molecule is Cc1ccc(NC(=O)Nc2cccc(-c3sc(N4CCOCC4)nc3-c3ccnc(N)n3)c2)cc1. The smallest absolute Gasteiger partial charge is 0.323 e. The van der Waals surface area contributed by atoms with Gasteiger partial charge in [0.05, 0.1) is 23.8 Å². The minimum atomic E-state index is -0.312. The van der Waals surface area contributed by atoms with Crippen molar-refractivity contribution in [1.82, 2.24) is 15.0 Å². The van der Waals surface area contributed by atoms with Crippen molar-refractivity contribution in [3.8, 4) is 21.8 Å². The van der Waals surface area contributed by atoms with Crippen LogP contribution in [-0.2, 0) is 4.74 Å². The van der Waals surface area contributed by atoms with Crippen LogP contribution in [0.4, 0.5) is 27.2 Å². The minimum absolute atomic E-state index is 0.192. The number of anilines is 4. The van der Waals surface area contributed by atoms with Crippen LogP contribution in [0, 0.1) is 6.92 Å². The molecule has 0 aliphatic carbocycles. The van der Waals surface area contributed by atoms with Crippen molar-refractivity contribution in [1.29, 1.82) is 0 Å². The summed E-state index contributed by atoms with van der Waals surface area (Å²) in [7, 11) is 0. The summed E-state index contributed by atoms with van der Waals surface area (Å²) in [5.41, 5.74) is 10.7. The van der Waals surface area contributed by atoms with Crippen molar-refractivity contribution >= 4 is 39.8 Å². The zero-order valence-corrected chi connectivity index (χ0v) is 20.0. The Morgan fingerprint density at radius 1 is 1.03 bits per heavy atom. The van der Waals surface area contributed by atoms with Crippen molar-refractivity contribution in [3.05, 3.63) is 66.4 Å². The molecular formula is C25H25N7O2S. The largest absolute Gasteiger partial charge is 0.378 e. The van der Waals surface area contributed by atoms with Crippen molar-refractivity contribution in [2.24, 2.45) is 0 Å². The monoisotopic (exact) mass is 487 g/mol. The van der Waals surface area contributed by atoms with Crippen LogP contribution in [0.5, 0.6) is 0 Å². The molecule has 2 amide bonds. The van der Waals surface area contributed by atoms with Crippen LogP contribution >= 0.6 is 11.3 Å². The second kappa shape index (κ2) is 10.1. The van der Waals surface area contributed by atoms with Gasteiger partial charge in [-0.1, -0.05) is 41.2 Å². The molecule has 35 heavy (non-hydrogen) atoms. The number of aromatic nitrogens is 3. The van der Waals surface area contributed by atoms with E-state index < -0.39 is 0 Å². The number of hydrogen-bond donors (Lipinski definition) is 3. The number of rotatable bonds is 5. The molecule has 0 spiro atoms. The van der Waals surface area contributed by atoms with Gasteiger partial charge < -0.3 is 26.0 Å². The molecule has 178 valence electrons. The average molecular weight is 488 g/mol. The fourth-order valence-corrected chi connectivity index (χ4v) is 4.87. The molecule has 4 N–H and O–H groups in total. The van der Waals surface area contributed by atoms with Gasteiger partial charge >= 0.3 is 6.03 Å². The predicted molar refractivity (Wildman–Crippen MR) is 140 cm³/mol. The summed E-state index contributed by atoms with van der Waals surface area (Å²) in [6.07, 6.45) is 1.63. The van der Waals surface area contributed by atoms with Gasteiger partial charge in [0.15, 0.2) is 5.13 Å². The summed E-state index contributed by atoms with van der Waals surface area (Å²) >= 11 is 1.58. The summed E-state index contributed by atoms with van der Waals surface area (Å²) < 4.78 is 5.50. The molecule has 0 unspecified atom stereocenters. The molecule has 1 aliphatic heterocycles. The molecular weight excluding hydrogens is 462 g/mol. The summed E-state index contributed by atoms with van der Waals surface area (Å²) in [4.78, 5) is 29.0. The molecule has 2 aromatic heterocycles. The van der Waals surface area contributed by atoms with E-state index in [-0.39, 0.29) is 12.0 Å². The lowest BCUT2D eigenvalue weighted by Crippen LogP contribution is -2.36. The molecule has 0 bridgehead atoms. The maximum Gasteiger partial charge on any atom is 0.323 e. The van der Waals surface area contributed by atoms with Crippen LogP contribution < -0.4 is 21.3 Å². The Balaban J connectivity index is 1.44. The molecule has 10 heteroatoms. The number of nitrogen functional groups attached to an aromatic ring is 1. The quantitative estimate of drug-likeness (QED) is 0.375. The van der Waals surface area contributed by atoms with E-state index in [9.17, 15) is 4.79 Å². The van der Waals surface area contributed by atoms with Crippen LogP contribution in [-0.4, -0.2) is 47.3 Å². The summed E-state index contributed by atoms with van der Waals surface area (Å²) in [5.74, 6) is 0.192. The Kier molecular flexibility index (Phi) is 6.55. The number of nitrogens with two attached hydrogens (primary N) is 1. The Morgan fingerprint density at radius 3 is 2.57 bits per heavy atom. The fraction of sp³-hybridized carbons (Fsp3) is 0.200. The van der Waals surface area contributed by atoms with Gasteiger partial charge in [-0.2, -0.15) is 0 Å². The second-order valence-electron chi connectivity index (χ2n) is 8.10. The van der Waals surface area contributed by atoms with Gasteiger partial charge in [-0.15, -0.1) is 0 Å². The second-order valence-corrected chi connectivity index (χ2v) is 9.08. The van der Waals surface area contributed by atoms with Gasteiger partial charge in [0, 0.05) is 30.7 Å². The molecule has 4 aromatic rings. The standard InChI is InChI=1S/C25H25N7O2S/c1-16-5-7-18(8-6-16)28-24(33)29-19-4-2-3-17(15-19)22-21(20-9-10-27-23(26)30-20)31-25(35-22)32-11-13-34-14-12-32/h2-10,15H,11-14H2,1H3,(H2,26,27,30)(H2,28,29,33). The summed E-state index contributed by atoms with van der Waals surface area (Å²) in [6, 6.07) is 16.8. The molecule has 9 nitrogen and oxygen atoms in total. The molecule has 5 rings (SSSR count). The number of thiazole rings is 1. The number of ether oxygens (including phenoxy) is 1. The third kappa shape index (κ3) is 5.39. The minimum Gasteiger partial charge on any atom is -0.378 e. The van der Waals surface area contributed by atoms with Gasteiger partial charge in [-0.25, -0.2) is 19.7 Å². The highest BCUT2D eigenvalue weighted by molar-refractivity contribution is 7.19. The van der Waals surface area contributed by atoms with Gasteiger partial charge in [0.2, 0.25) is 5.95 Å². The number of hydrogen-bond acceptors (Lipinski definition) is 8. The van der Waals surface area contributed by atoms with Gasteiger partial charge in [0.25, 0.3) is 0 Å². The van der Waals surface area contributed by atoms with Gasteiger partial charge in [0.1, 0.15) is 5.69 Å². The highest BCUT2D eigenvalue weighted by atomic mass is 32.1. The number of carbonyl (C=O) groups excluding carboxylic acids is 1. The predicted octanol–water partition coefficient (Wildman–Crippen LogP) is 4.64. The number of urea groups is 1. The molecule has 1 aliphatic rings. The lowest BCUT2D eigenvalue weighted by molar-refractivity contribution is 0.122. The van der Waals surface area contributed by atoms with Crippen LogP contribution in [0.2, 0.25) is 0 Å². The lowest BCUT2D eigenvalue weighted by atomic mass is 10.1. The lowest BCUT2D eigenvalue weighted by Gasteiger charge is -2.26. The van der Waals surface area contributed by atoms with Crippen LogP contribution in [0.1, 0.15) is 5.56 Å². The number of nitrogens with one attached hydrogen (secondary N) is 2. The van der Waals surface area contributed by atoms with E-state index in [0.717, 1.165) is 45.6 Å². The zero-order chi connectivity index (χ0) is 24.2. The van der Waals surface area contributed by atoms with Crippen molar-refractivity contribution < 1.29 is 9.53 Å². The Hall–Kier alpha value is -4.02. The number of nitrogens with zero attached hydrogens (tertiary/aromatic N) is 4. The number of benzene rings is 2. The number of morpholine rings is 1. The topological polar surface area (TPSA) is 118 Å². The van der Waals surface area contributed by atoms with E-state index in [1.807, 2.05) is 55.5 Å². The molecule has 2 aromatic carbocycles.